The Labute approximate surface area is 104 Å². The minimum absolute atomic E-state index is 0.111. The van der Waals surface area contributed by atoms with Gasteiger partial charge in [-0.3, -0.25) is 0 Å². The van der Waals surface area contributed by atoms with Gasteiger partial charge in [-0.2, -0.15) is 5.26 Å². The van der Waals surface area contributed by atoms with Crippen molar-refractivity contribution >= 4 is 0 Å². The van der Waals surface area contributed by atoms with Crippen LogP contribution < -0.4 is 4.74 Å². The summed E-state index contributed by atoms with van der Waals surface area (Å²) >= 11 is 0. The molecule has 0 N–H and O–H groups in total. The van der Waals surface area contributed by atoms with Crippen LogP contribution in [0, 0.1) is 24.1 Å². The van der Waals surface area contributed by atoms with Crippen molar-refractivity contribution in [1.29, 1.82) is 5.26 Å². The van der Waals surface area contributed by atoms with E-state index in [4.69, 9.17) is 14.5 Å². The van der Waals surface area contributed by atoms with E-state index in [1.54, 1.807) is 32.0 Å². The average Bonchev–Trinajstić information content (AvgIpc) is 2.76. The highest BCUT2D eigenvalue weighted by atomic mass is 19.1. The number of benzene rings is 1. The van der Waals surface area contributed by atoms with Crippen molar-refractivity contribution in [3.05, 3.63) is 47.1 Å². The molecule has 0 saturated heterocycles. The first-order chi connectivity index (χ1) is 8.61. The smallest absolute Gasteiger partial charge is 0.177 e. The predicted octanol–water partition coefficient (Wildman–Crippen LogP) is 3.13. The highest BCUT2D eigenvalue weighted by Gasteiger charge is 2.16. The van der Waals surface area contributed by atoms with Gasteiger partial charge in [0.05, 0.1) is 5.69 Å². The van der Waals surface area contributed by atoms with Crippen LogP contribution in [0.3, 0.4) is 0 Å². The van der Waals surface area contributed by atoms with Crippen molar-refractivity contribution in [3.63, 3.8) is 0 Å². The maximum absolute atomic E-state index is 13.4. The molecule has 1 heterocycles. The lowest BCUT2D eigenvalue weighted by Crippen LogP contribution is -2.04. The lowest BCUT2D eigenvalue weighted by atomic mass is 10.2. The summed E-state index contributed by atoms with van der Waals surface area (Å²) in [6, 6.07) is 7.76. The van der Waals surface area contributed by atoms with Crippen molar-refractivity contribution in [2.24, 2.45) is 0 Å². The molecule has 0 saturated carbocycles. The van der Waals surface area contributed by atoms with Crippen LogP contribution in [0.5, 0.6) is 5.75 Å². The number of halogens is 1. The molecule has 0 radical (unpaired) electrons. The first-order valence-electron chi connectivity index (χ1n) is 5.40. The van der Waals surface area contributed by atoms with Gasteiger partial charge in [0.2, 0.25) is 0 Å². The van der Waals surface area contributed by atoms with Crippen LogP contribution in [0.2, 0.25) is 0 Å². The molecule has 1 aromatic heterocycles. The molecule has 4 nitrogen and oxygen atoms in total. The average molecular weight is 246 g/mol. The maximum Gasteiger partial charge on any atom is 0.177 e. The lowest BCUT2D eigenvalue weighted by molar-refractivity contribution is 0.180. The molecule has 0 amide bonds. The fourth-order valence-electron chi connectivity index (χ4n) is 1.53. The van der Waals surface area contributed by atoms with Crippen LogP contribution in [0.1, 0.15) is 30.0 Å². The summed E-state index contributed by atoms with van der Waals surface area (Å²) in [7, 11) is 0. The highest BCUT2D eigenvalue weighted by Crippen LogP contribution is 2.26. The second-order valence-corrected chi connectivity index (χ2v) is 3.86. The monoisotopic (exact) mass is 246 g/mol. The van der Waals surface area contributed by atoms with Gasteiger partial charge in [0, 0.05) is 6.07 Å². The third-order valence-corrected chi connectivity index (χ3v) is 2.44. The summed E-state index contributed by atoms with van der Waals surface area (Å²) in [5, 5.41) is 12.6. The van der Waals surface area contributed by atoms with E-state index in [2.05, 4.69) is 5.16 Å². The molecule has 18 heavy (non-hydrogen) atoms. The molecule has 0 aliphatic rings. The molecule has 0 fully saturated rings. The van der Waals surface area contributed by atoms with Crippen molar-refractivity contribution < 1.29 is 13.7 Å². The number of hydrogen-bond acceptors (Lipinski definition) is 4. The van der Waals surface area contributed by atoms with E-state index in [0.29, 0.717) is 5.76 Å². The second-order valence-electron chi connectivity index (χ2n) is 3.86. The summed E-state index contributed by atoms with van der Waals surface area (Å²) in [5.74, 6) is 0.121. The van der Waals surface area contributed by atoms with Gasteiger partial charge in [-0.25, -0.2) is 4.39 Å². The lowest BCUT2D eigenvalue weighted by Gasteiger charge is -2.12. The Morgan fingerprint density at radius 1 is 1.50 bits per heavy atom. The molecule has 2 rings (SSSR count). The summed E-state index contributed by atoms with van der Waals surface area (Å²) in [5.41, 5.74) is 0.626. The van der Waals surface area contributed by atoms with E-state index in [0.717, 1.165) is 5.69 Å². The summed E-state index contributed by atoms with van der Waals surface area (Å²) in [6.07, 6.45) is -0.444. The van der Waals surface area contributed by atoms with E-state index in [1.165, 1.54) is 12.1 Å². The van der Waals surface area contributed by atoms with Crippen molar-refractivity contribution in [1.82, 2.24) is 5.16 Å². The van der Waals surface area contributed by atoms with Crippen molar-refractivity contribution in [3.8, 4) is 11.8 Å². The van der Waals surface area contributed by atoms with E-state index >= 15 is 0 Å². The number of aryl methyl sites for hydroxylation is 1. The molecule has 1 aromatic carbocycles. The van der Waals surface area contributed by atoms with Crippen LogP contribution >= 0.6 is 0 Å². The van der Waals surface area contributed by atoms with Crippen LogP contribution in [-0.2, 0) is 0 Å². The Balaban J connectivity index is 2.25. The zero-order chi connectivity index (χ0) is 13.1. The van der Waals surface area contributed by atoms with Crippen LogP contribution in [0.4, 0.5) is 4.39 Å². The number of nitriles is 1. The van der Waals surface area contributed by atoms with Gasteiger partial charge in [-0.1, -0.05) is 11.2 Å². The van der Waals surface area contributed by atoms with Crippen molar-refractivity contribution in [2.45, 2.75) is 20.0 Å². The third-order valence-electron chi connectivity index (χ3n) is 2.44. The van der Waals surface area contributed by atoms with E-state index in [-0.39, 0.29) is 11.3 Å². The Morgan fingerprint density at radius 3 is 2.89 bits per heavy atom. The van der Waals surface area contributed by atoms with E-state index in [1.807, 2.05) is 0 Å². The minimum atomic E-state index is -0.601. The number of aromatic nitrogens is 1. The van der Waals surface area contributed by atoms with Crippen LogP contribution in [0.25, 0.3) is 0 Å². The van der Waals surface area contributed by atoms with Crippen LogP contribution in [-0.4, -0.2) is 5.16 Å². The van der Waals surface area contributed by atoms with E-state index < -0.39 is 11.9 Å². The molecule has 5 heteroatoms. The Bertz CT molecular complexity index is 601. The first kappa shape index (κ1) is 12.1. The molecule has 0 bridgehead atoms. The SMILES string of the molecule is Cc1cc(C(C)Oc2cccc(F)c2C#N)on1. The van der Waals surface area contributed by atoms with Crippen LogP contribution in [0.15, 0.2) is 28.8 Å². The van der Waals surface area contributed by atoms with Crippen molar-refractivity contribution in [2.75, 3.05) is 0 Å². The molecule has 92 valence electrons. The summed E-state index contributed by atoms with van der Waals surface area (Å²) in [6.45, 7) is 3.54. The normalized spacial score (nSPS) is 11.9. The fourth-order valence-corrected chi connectivity index (χ4v) is 1.53. The maximum atomic E-state index is 13.4. The molecular formula is C13H11FN2O2. The highest BCUT2D eigenvalue weighted by molar-refractivity contribution is 5.44. The number of nitrogens with zero attached hydrogens (tertiary/aromatic N) is 2. The van der Waals surface area contributed by atoms with Gasteiger partial charge in [0.1, 0.15) is 23.2 Å². The second kappa shape index (κ2) is 4.88. The zero-order valence-electron chi connectivity index (χ0n) is 9.98. The topological polar surface area (TPSA) is 59.0 Å². The quantitative estimate of drug-likeness (QED) is 0.834. The zero-order valence-corrected chi connectivity index (χ0v) is 9.98. The number of rotatable bonds is 3. The Hall–Kier alpha value is -2.35. The molecule has 1 unspecified atom stereocenters. The standard InChI is InChI=1S/C13H11FN2O2/c1-8-6-13(18-16-8)9(2)17-12-5-3-4-11(14)10(12)7-15/h3-6,9H,1-2H3. The molecule has 2 aromatic rings. The van der Waals surface area contributed by atoms with Gasteiger partial charge < -0.3 is 9.26 Å². The summed E-state index contributed by atoms with van der Waals surface area (Å²) in [4.78, 5) is 0. The largest absolute Gasteiger partial charge is 0.481 e. The fraction of sp³-hybridized carbons (Fsp3) is 0.231. The predicted molar refractivity (Wildman–Crippen MR) is 61.4 cm³/mol. The molecule has 0 aliphatic heterocycles. The first-order valence-corrected chi connectivity index (χ1v) is 5.40. The third kappa shape index (κ3) is 2.33. The Morgan fingerprint density at radius 2 is 2.28 bits per heavy atom. The number of hydrogen-bond donors (Lipinski definition) is 0. The van der Waals surface area contributed by atoms with Gasteiger partial charge in [0.15, 0.2) is 11.9 Å². The summed E-state index contributed by atoms with van der Waals surface area (Å²) < 4.78 is 23.9. The number of ether oxygens (including phenoxy) is 1. The van der Waals surface area contributed by atoms with E-state index in [9.17, 15) is 4.39 Å². The molecule has 0 aliphatic carbocycles. The van der Waals surface area contributed by atoms with Gasteiger partial charge in [-0.05, 0) is 26.0 Å². The molecule has 0 spiro atoms. The Kier molecular flexibility index (Phi) is 3.28. The molecular weight excluding hydrogens is 235 g/mol. The van der Waals surface area contributed by atoms with Gasteiger partial charge in [0.25, 0.3) is 0 Å². The molecule has 1 atom stereocenters. The minimum Gasteiger partial charge on any atom is -0.481 e. The van der Waals surface area contributed by atoms with Gasteiger partial charge in [-0.15, -0.1) is 0 Å². The van der Waals surface area contributed by atoms with Gasteiger partial charge >= 0.3 is 0 Å².